The third-order valence-corrected chi connectivity index (χ3v) is 3.35. The standard InChI is InChI=1S/C13H13BrN4O2/c1-8-2-3-13(12(14)4-8)16-9-5-10(17-15)7-11(6-9)18(19)20/h2-7,16-17H,15H2,1H3. The third kappa shape index (κ3) is 3.25. The Labute approximate surface area is 124 Å². The van der Waals surface area contributed by atoms with Crippen molar-refractivity contribution in [1.29, 1.82) is 0 Å². The van der Waals surface area contributed by atoms with Crippen molar-refractivity contribution in [2.75, 3.05) is 10.7 Å². The van der Waals surface area contributed by atoms with E-state index >= 15 is 0 Å². The largest absolute Gasteiger partial charge is 0.354 e. The summed E-state index contributed by atoms with van der Waals surface area (Å²) in [5.41, 5.74) is 5.36. The van der Waals surface area contributed by atoms with Gasteiger partial charge in [0, 0.05) is 22.3 Å². The van der Waals surface area contributed by atoms with E-state index < -0.39 is 4.92 Å². The number of non-ortho nitro benzene ring substituents is 1. The summed E-state index contributed by atoms with van der Waals surface area (Å²) >= 11 is 3.45. The maximum atomic E-state index is 10.9. The summed E-state index contributed by atoms with van der Waals surface area (Å²) in [6.07, 6.45) is 0. The van der Waals surface area contributed by atoms with Gasteiger partial charge in [0.2, 0.25) is 0 Å². The van der Waals surface area contributed by atoms with Gasteiger partial charge in [-0.2, -0.15) is 0 Å². The number of halogens is 1. The number of nitrogens with zero attached hydrogens (tertiary/aromatic N) is 1. The Hall–Kier alpha value is -2.12. The fraction of sp³-hybridized carbons (Fsp3) is 0.0769. The van der Waals surface area contributed by atoms with E-state index in [1.807, 2.05) is 25.1 Å². The van der Waals surface area contributed by atoms with Gasteiger partial charge in [0.15, 0.2) is 0 Å². The molecule has 0 aromatic heterocycles. The van der Waals surface area contributed by atoms with Crippen LogP contribution >= 0.6 is 15.9 Å². The quantitative estimate of drug-likeness (QED) is 0.449. The molecule has 2 rings (SSSR count). The topological polar surface area (TPSA) is 93.2 Å². The van der Waals surface area contributed by atoms with Crippen molar-refractivity contribution in [3.63, 3.8) is 0 Å². The molecule has 0 aliphatic rings. The molecule has 0 saturated heterocycles. The molecule has 20 heavy (non-hydrogen) atoms. The van der Waals surface area contributed by atoms with E-state index in [-0.39, 0.29) is 5.69 Å². The van der Waals surface area contributed by atoms with E-state index in [0.29, 0.717) is 11.4 Å². The summed E-state index contributed by atoms with van der Waals surface area (Å²) in [4.78, 5) is 10.4. The summed E-state index contributed by atoms with van der Waals surface area (Å²) in [5, 5.41) is 14.0. The Morgan fingerprint density at radius 2 is 1.90 bits per heavy atom. The summed E-state index contributed by atoms with van der Waals surface area (Å²) in [7, 11) is 0. The van der Waals surface area contributed by atoms with Crippen molar-refractivity contribution < 1.29 is 4.92 Å². The van der Waals surface area contributed by atoms with Gasteiger partial charge in [-0.1, -0.05) is 6.07 Å². The molecule has 0 amide bonds. The van der Waals surface area contributed by atoms with Crippen LogP contribution in [0.2, 0.25) is 0 Å². The number of anilines is 3. The zero-order valence-electron chi connectivity index (χ0n) is 10.7. The van der Waals surface area contributed by atoms with Crippen LogP contribution in [-0.4, -0.2) is 4.92 Å². The Bertz CT molecular complexity index is 661. The van der Waals surface area contributed by atoms with Gasteiger partial charge in [-0.05, 0) is 46.6 Å². The molecule has 2 aromatic rings. The highest BCUT2D eigenvalue weighted by Crippen LogP contribution is 2.30. The van der Waals surface area contributed by atoms with E-state index in [9.17, 15) is 10.1 Å². The van der Waals surface area contributed by atoms with Gasteiger partial charge in [0.25, 0.3) is 5.69 Å². The molecule has 0 spiro atoms. The number of hydrazine groups is 1. The lowest BCUT2D eigenvalue weighted by Crippen LogP contribution is -2.07. The molecule has 7 heteroatoms. The second-order valence-electron chi connectivity index (χ2n) is 4.28. The Kier molecular flexibility index (Phi) is 4.21. The van der Waals surface area contributed by atoms with Gasteiger partial charge in [-0.25, -0.2) is 0 Å². The molecular weight excluding hydrogens is 324 g/mol. The first kappa shape index (κ1) is 14.3. The van der Waals surface area contributed by atoms with Crippen molar-refractivity contribution >= 4 is 38.7 Å². The lowest BCUT2D eigenvalue weighted by atomic mass is 10.2. The average Bonchev–Trinajstić information content (AvgIpc) is 2.41. The fourth-order valence-electron chi connectivity index (χ4n) is 1.75. The highest BCUT2D eigenvalue weighted by Gasteiger charge is 2.10. The van der Waals surface area contributed by atoms with Gasteiger partial charge in [-0.15, -0.1) is 0 Å². The predicted molar refractivity (Wildman–Crippen MR) is 83.1 cm³/mol. The van der Waals surface area contributed by atoms with Crippen molar-refractivity contribution in [3.05, 3.63) is 56.5 Å². The minimum atomic E-state index is -0.462. The summed E-state index contributed by atoms with van der Waals surface area (Å²) < 4.78 is 0.881. The SMILES string of the molecule is Cc1ccc(Nc2cc(NN)cc([N+](=O)[O-])c2)c(Br)c1. The predicted octanol–water partition coefficient (Wildman–Crippen LogP) is 3.69. The maximum Gasteiger partial charge on any atom is 0.273 e. The fourth-order valence-corrected chi connectivity index (χ4v) is 2.34. The second kappa shape index (κ2) is 5.89. The number of nitrogens with one attached hydrogen (secondary N) is 2. The van der Waals surface area contributed by atoms with Gasteiger partial charge in [0.05, 0.1) is 16.3 Å². The molecule has 104 valence electrons. The minimum absolute atomic E-state index is 0.0359. The normalized spacial score (nSPS) is 10.2. The lowest BCUT2D eigenvalue weighted by molar-refractivity contribution is -0.384. The molecule has 0 bridgehead atoms. The Balaban J connectivity index is 2.37. The van der Waals surface area contributed by atoms with Crippen LogP contribution in [0, 0.1) is 17.0 Å². The zero-order valence-corrected chi connectivity index (χ0v) is 12.3. The van der Waals surface area contributed by atoms with Crippen LogP contribution in [0.5, 0.6) is 0 Å². The average molecular weight is 337 g/mol. The van der Waals surface area contributed by atoms with Gasteiger partial charge < -0.3 is 10.7 Å². The number of nitro benzene ring substituents is 1. The number of rotatable bonds is 4. The number of hydrogen-bond donors (Lipinski definition) is 3. The molecule has 0 aliphatic heterocycles. The molecule has 0 aliphatic carbocycles. The molecule has 0 radical (unpaired) electrons. The molecule has 0 atom stereocenters. The minimum Gasteiger partial charge on any atom is -0.354 e. The smallest absolute Gasteiger partial charge is 0.273 e. The van der Waals surface area contributed by atoms with Crippen LogP contribution < -0.4 is 16.6 Å². The second-order valence-corrected chi connectivity index (χ2v) is 5.13. The number of hydrogen-bond acceptors (Lipinski definition) is 5. The molecule has 0 fully saturated rings. The monoisotopic (exact) mass is 336 g/mol. The zero-order chi connectivity index (χ0) is 14.7. The molecule has 2 aromatic carbocycles. The number of aryl methyl sites for hydroxylation is 1. The molecule has 4 N–H and O–H groups in total. The lowest BCUT2D eigenvalue weighted by Gasteiger charge is -2.10. The number of nitrogen functional groups attached to an aromatic ring is 1. The van der Waals surface area contributed by atoms with E-state index in [1.54, 1.807) is 6.07 Å². The molecule has 6 nitrogen and oxygen atoms in total. The number of benzene rings is 2. The first-order valence-corrected chi connectivity index (χ1v) is 6.58. The van der Waals surface area contributed by atoms with Crippen LogP contribution in [0.3, 0.4) is 0 Å². The summed E-state index contributed by atoms with van der Waals surface area (Å²) in [6.45, 7) is 1.98. The van der Waals surface area contributed by atoms with Crippen LogP contribution in [0.15, 0.2) is 40.9 Å². The first-order chi connectivity index (χ1) is 9.49. The first-order valence-electron chi connectivity index (χ1n) is 5.79. The van der Waals surface area contributed by atoms with E-state index in [0.717, 1.165) is 15.7 Å². The van der Waals surface area contributed by atoms with Gasteiger partial charge >= 0.3 is 0 Å². The third-order valence-electron chi connectivity index (χ3n) is 2.70. The van der Waals surface area contributed by atoms with Crippen molar-refractivity contribution in [3.8, 4) is 0 Å². The van der Waals surface area contributed by atoms with Crippen molar-refractivity contribution in [2.24, 2.45) is 5.84 Å². The van der Waals surface area contributed by atoms with Crippen LogP contribution in [-0.2, 0) is 0 Å². The van der Waals surface area contributed by atoms with Crippen molar-refractivity contribution in [2.45, 2.75) is 6.92 Å². The molecule has 0 saturated carbocycles. The number of nitro groups is 1. The molecule has 0 heterocycles. The highest BCUT2D eigenvalue weighted by atomic mass is 79.9. The van der Waals surface area contributed by atoms with E-state index in [1.165, 1.54) is 12.1 Å². The summed E-state index contributed by atoms with van der Waals surface area (Å²) in [5.74, 6) is 5.32. The van der Waals surface area contributed by atoms with E-state index in [4.69, 9.17) is 5.84 Å². The maximum absolute atomic E-state index is 10.9. The van der Waals surface area contributed by atoms with E-state index in [2.05, 4.69) is 26.7 Å². The molecule has 0 unspecified atom stereocenters. The van der Waals surface area contributed by atoms with Gasteiger partial charge in [0.1, 0.15) is 0 Å². The van der Waals surface area contributed by atoms with Crippen molar-refractivity contribution in [1.82, 2.24) is 0 Å². The van der Waals surface area contributed by atoms with Crippen LogP contribution in [0.25, 0.3) is 0 Å². The molecular formula is C13H13BrN4O2. The summed E-state index contributed by atoms with van der Waals surface area (Å²) in [6, 6.07) is 10.3. The highest BCUT2D eigenvalue weighted by molar-refractivity contribution is 9.10. The Morgan fingerprint density at radius 1 is 1.20 bits per heavy atom. The van der Waals surface area contributed by atoms with Crippen LogP contribution in [0.4, 0.5) is 22.7 Å². The van der Waals surface area contributed by atoms with Crippen LogP contribution in [0.1, 0.15) is 5.56 Å². The Morgan fingerprint density at radius 3 is 2.50 bits per heavy atom. The number of nitrogens with two attached hydrogens (primary N) is 1. The van der Waals surface area contributed by atoms with Gasteiger partial charge in [-0.3, -0.25) is 16.0 Å².